The van der Waals surface area contributed by atoms with Crippen LogP contribution in [0.4, 0.5) is 0 Å². The maximum absolute atomic E-state index is 11.3. The zero-order valence-electron chi connectivity index (χ0n) is 8.20. The molecule has 2 aliphatic rings. The topological polar surface area (TPSA) is 55.8 Å². The zero-order chi connectivity index (χ0) is 10.0. The summed E-state index contributed by atoms with van der Waals surface area (Å²) in [6, 6.07) is 0. The van der Waals surface area contributed by atoms with Gasteiger partial charge in [-0.3, -0.25) is 4.79 Å². The van der Waals surface area contributed by atoms with Crippen LogP contribution in [-0.2, 0) is 14.3 Å². The lowest BCUT2D eigenvalue weighted by molar-refractivity contribution is -0.155. The van der Waals surface area contributed by atoms with Gasteiger partial charge in [-0.05, 0) is 25.2 Å². The minimum Gasteiger partial charge on any atom is -0.481 e. The molecule has 4 nitrogen and oxygen atoms in total. The molecule has 0 aromatic heterocycles. The highest BCUT2D eigenvalue weighted by molar-refractivity contribution is 5.75. The molecule has 4 heteroatoms. The number of carboxylic acid groups (broad SMARTS) is 1. The van der Waals surface area contributed by atoms with Gasteiger partial charge in [0.25, 0.3) is 0 Å². The summed E-state index contributed by atoms with van der Waals surface area (Å²) in [5.74, 6) is -0.460. The monoisotopic (exact) mass is 200 g/mol. The Morgan fingerprint density at radius 1 is 1.21 bits per heavy atom. The second-order valence-corrected chi connectivity index (χ2v) is 4.15. The van der Waals surface area contributed by atoms with E-state index in [9.17, 15) is 9.90 Å². The van der Waals surface area contributed by atoms with Gasteiger partial charge in [-0.15, -0.1) is 0 Å². The predicted octanol–water partition coefficient (Wildman–Crippen LogP) is 0.904. The first-order valence-corrected chi connectivity index (χ1v) is 5.14. The minimum atomic E-state index is -0.693. The van der Waals surface area contributed by atoms with Crippen LogP contribution in [0.1, 0.15) is 19.3 Å². The van der Waals surface area contributed by atoms with Gasteiger partial charge < -0.3 is 14.6 Å². The molecule has 0 amide bonds. The van der Waals surface area contributed by atoms with Crippen LogP contribution >= 0.6 is 0 Å². The summed E-state index contributed by atoms with van der Waals surface area (Å²) in [6.45, 7) is 2.36. The Balaban J connectivity index is 2.12. The lowest BCUT2D eigenvalue weighted by atomic mass is 9.71. The van der Waals surface area contributed by atoms with E-state index in [4.69, 9.17) is 9.47 Å². The third-order valence-corrected chi connectivity index (χ3v) is 3.48. The maximum atomic E-state index is 11.3. The number of ether oxygens (including phenoxy) is 2. The third kappa shape index (κ3) is 1.53. The van der Waals surface area contributed by atoms with Crippen molar-refractivity contribution in [3.63, 3.8) is 0 Å². The molecule has 2 heterocycles. The zero-order valence-corrected chi connectivity index (χ0v) is 8.20. The van der Waals surface area contributed by atoms with E-state index in [1.807, 2.05) is 0 Å². The van der Waals surface area contributed by atoms with Gasteiger partial charge >= 0.3 is 5.97 Å². The van der Waals surface area contributed by atoms with Crippen molar-refractivity contribution in [2.75, 3.05) is 26.4 Å². The van der Waals surface area contributed by atoms with E-state index in [2.05, 4.69) is 0 Å². The molecule has 2 aliphatic heterocycles. The molecular weight excluding hydrogens is 184 g/mol. The summed E-state index contributed by atoms with van der Waals surface area (Å²) in [5, 5.41) is 9.30. The Hall–Kier alpha value is -0.610. The van der Waals surface area contributed by atoms with Gasteiger partial charge in [0.1, 0.15) is 0 Å². The van der Waals surface area contributed by atoms with Crippen molar-refractivity contribution < 1.29 is 19.4 Å². The van der Waals surface area contributed by atoms with E-state index >= 15 is 0 Å². The number of rotatable bonds is 2. The maximum Gasteiger partial charge on any atom is 0.312 e. The molecule has 80 valence electrons. The number of carboxylic acids is 1. The first-order valence-electron chi connectivity index (χ1n) is 5.14. The van der Waals surface area contributed by atoms with Gasteiger partial charge in [-0.25, -0.2) is 0 Å². The van der Waals surface area contributed by atoms with Crippen molar-refractivity contribution in [2.45, 2.75) is 19.3 Å². The van der Waals surface area contributed by atoms with Gasteiger partial charge in [0.05, 0.1) is 12.0 Å². The van der Waals surface area contributed by atoms with E-state index < -0.39 is 11.4 Å². The van der Waals surface area contributed by atoms with Gasteiger partial charge in [0.15, 0.2) is 0 Å². The van der Waals surface area contributed by atoms with Crippen molar-refractivity contribution in [3.05, 3.63) is 0 Å². The molecule has 2 saturated heterocycles. The van der Waals surface area contributed by atoms with Gasteiger partial charge in [0.2, 0.25) is 0 Å². The summed E-state index contributed by atoms with van der Waals surface area (Å²) >= 11 is 0. The van der Waals surface area contributed by atoms with E-state index in [1.54, 1.807) is 0 Å². The first kappa shape index (κ1) is 9.93. The number of hydrogen-bond donors (Lipinski definition) is 1. The molecular formula is C10H16O4. The average Bonchev–Trinajstić information content (AvgIpc) is 2.69. The Morgan fingerprint density at radius 2 is 1.93 bits per heavy atom. The van der Waals surface area contributed by atoms with E-state index in [-0.39, 0.29) is 5.92 Å². The highest BCUT2D eigenvalue weighted by Gasteiger charge is 2.48. The number of aliphatic carboxylic acids is 1. The van der Waals surface area contributed by atoms with E-state index in [0.717, 1.165) is 12.8 Å². The first-order chi connectivity index (χ1) is 6.76. The molecule has 0 radical (unpaired) electrons. The lowest BCUT2D eigenvalue weighted by Crippen LogP contribution is -2.41. The molecule has 0 bridgehead atoms. The summed E-state index contributed by atoms with van der Waals surface area (Å²) in [7, 11) is 0. The summed E-state index contributed by atoms with van der Waals surface area (Å²) in [5.41, 5.74) is -0.621. The summed E-state index contributed by atoms with van der Waals surface area (Å²) < 4.78 is 10.5. The minimum absolute atomic E-state index is 0.233. The molecule has 0 spiro atoms. The Labute approximate surface area is 83.2 Å². The smallest absolute Gasteiger partial charge is 0.312 e. The lowest BCUT2D eigenvalue weighted by Gasteiger charge is -2.34. The number of carbonyl (C=O) groups is 1. The molecule has 0 aromatic rings. The second-order valence-electron chi connectivity index (χ2n) is 4.15. The van der Waals surface area contributed by atoms with Crippen molar-refractivity contribution in [1.29, 1.82) is 0 Å². The Morgan fingerprint density at radius 3 is 2.43 bits per heavy atom. The van der Waals surface area contributed by atoms with Crippen LogP contribution in [0.15, 0.2) is 0 Å². The van der Waals surface area contributed by atoms with Crippen molar-refractivity contribution in [3.8, 4) is 0 Å². The van der Waals surface area contributed by atoms with Gasteiger partial charge in [-0.1, -0.05) is 0 Å². The Bertz CT molecular complexity index is 214. The quantitative estimate of drug-likeness (QED) is 0.719. The van der Waals surface area contributed by atoms with Crippen LogP contribution in [0.25, 0.3) is 0 Å². The van der Waals surface area contributed by atoms with Crippen molar-refractivity contribution >= 4 is 5.97 Å². The van der Waals surface area contributed by atoms with Crippen LogP contribution < -0.4 is 0 Å². The number of hydrogen-bond acceptors (Lipinski definition) is 3. The normalized spacial score (nSPS) is 34.6. The van der Waals surface area contributed by atoms with Crippen LogP contribution in [-0.4, -0.2) is 37.5 Å². The van der Waals surface area contributed by atoms with E-state index in [0.29, 0.717) is 32.8 Å². The fourth-order valence-electron chi connectivity index (χ4n) is 2.50. The van der Waals surface area contributed by atoms with E-state index in [1.165, 1.54) is 0 Å². The van der Waals surface area contributed by atoms with Crippen molar-refractivity contribution in [2.24, 2.45) is 11.3 Å². The molecule has 1 N–H and O–H groups in total. The summed E-state index contributed by atoms with van der Waals surface area (Å²) in [6.07, 6.45) is 2.37. The Kier molecular flexibility index (Phi) is 2.74. The fraction of sp³-hybridized carbons (Fsp3) is 0.900. The standard InChI is InChI=1S/C10H16O4/c11-9(12)10(3-6-14-7-10)8-1-4-13-5-2-8/h8H,1-7H2,(H,11,12). The van der Waals surface area contributed by atoms with Gasteiger partial charge in [-0.2, -0.15) is 0 Å². The van der Waals surface area contributed by atoms with Crippen LogP contribution in [0.2, 0.25) is 0 Å². The fourth-order valence-corrected chi connectivity index (χ4v) is 2.50. The third-order valence-electron chi connectivity index (χ3n) is 3.48. The van der Waals surface area contributed by atoms with Crippen LogP contribution in [0.3, 0.4) is 0 Å². The molecule has 14 heavy (non-hydrogen) atoms. The highest BCUT2D eigenvalue weighted by Crippen LogP contribution is 2.41. The van der Waals surface area contributed by atoms with Crippen LogP contribution in [0, 0.1) is 11.3 Å². The average molecular weight is 200 g/mol. The van der Waals surface area contributed by atoms with Crippen LogP contribution in [0.5, 0.6) is 0 Å². The van der Waals surface area contributed by atoms with Crippen molar-refractivity contribution in [1.82, 2.24) is 0 Å². The molecule has 0 aromatic carbocycles. The molecule has 0 saturated carbocycles. The largest absolute Gasteiger partial charge is 0.481 e. The molecule has 2 fully saturated rings. The predicted molar refractivity (Wildman–Crippen MR) is 49.0 cm³/mol. The molecule has 1 unspecified atom stereocenters. The highest BCUT2D eigenvalue weighted by atomic mass is 16.5. The summed E-state index contributed by atoms with van der Waals surface area (Å²) in [4.78, 5) is 11.3. The van der Waals surface area contributed by atoms with Gasteiger partial charge in [0, 0.05) is 19.8 Å². The second kappa shape index (κ2) is 3.87. The SMILES string of the molecule is O=C(O)C1(C2CCOCC2)CCOC1. The molecule has 1 atom stereocenters. The molecule has 0 aliphatic carbocycles. The molecule has 2 rings (SSSR count).